The predicted octanol–water partition coefficient (Wildman–Crippen LogP) is 3.43. The molecule has 20 heavy (non-hydrogen) atoms. The first kappa shape index (κ1) is 13.3. The van der Waals surface area contributed by atoms with Crippen LogP contribution in [0.4, 0.5) is 4.39 Å². The lowest BCUT2D eigenvalue weighted by Crippen LogP contribution is -2.18. The molecule has 3 nitrogen and oxygen atoms in total. The molecule has 0 radical (unpaired) electrons. The van der Waals surface area contributed by atoms with Crippen molar-refractivity contribution >= 4 is 33.3 Å². The van der Waals surface area contributed by atoms with Crippen LogP contribution in [-0.4, -0.2) is 9.55 Å². The van der Waals surface area contributed by atoms with Crippen molar-refractivity contribution in [2.24, 2.45) is 7.05 Å². The number of halogens is 1. The third-order valence-corrected chi connectivity index (χ3v) is 4.90. The van der Waals surface area contributed by atoms with Crippen molar-refractivity contribution in [3.8, 4) is 0 Å². The first-order valence-corrected chi connectivity index (χ1v) is 7.83. The van der Waals surface area contributed by atoms with Gasteiger partial charge in [-0.25, -0.2) is 9.37 Å². The van der Waals surface area contributed by atoms with Crippen LogP contribution in [0.3, 0.4) is 0 Å². The minimum absolute atomic E-state index is 0.0354. The Bertz CT molecular complexity index is 825. The van der Waals surface area contributed by atoms with E-state index in [0.29, 0.717) is 15.6 Å². The van der Waals surface area contributed by atoms with E-state index in [-0.39, 0.29) is 11.4 Å². The van der Waals surface area contributed by atoms with Crippen LogP contribution in [0.1, 0.15) is 5.56 Å². The molecule has 1 aromatic carbocycles. The van der Waals surface area contributed by atoms with Gasteiger partial charge in [-0.2, -0.15) is 0 Å². The fourth-order valence-corrected chi connectivity index (χ4v) is 3.59. The molecule has 0 atom stereocenters. The highest BCUT2D eigenvalue weighted by Gasteiger charge is 2.09. The van der Waals surface area contributed by atoms with E-state index in [0.717, 1.165) is 11.1 Å². The third-order valence-electron chi connectivity index (χ3n) is 2.90. The maximum atomic E-state index is 13.1. The topological polar surface area (TPSA) is 34.9 Å². The summed E-state index contributed by atoms with van der Waals surface area (Å²) in [7, 11) is 1.71. The summed E-state index contributed by atoms with van der Waals surface area (Å²) < 4.78 is 15.3. The zero-order valence-electron chi connectivity index (χ0n) is 10.7. The Hall–Kier alpha value is -1.66. The van der Waals surface area contributed by atoms with Crippen molar-refractivity contribution in [2.75, 3.05) is 0 Å². The number of hydrogen-bond donors (Lipinski definition) is 0. The second kappa shape index (κ2) is 5.38. The molecular weight excluding hydrogens is 295 g/mol. The van der Waals surface area contributed by atoms with Crippen LogP contribution in [0, 0.1) is 5.82 Å². The second-order valence-corrected chi connectivity index (χ2v) is 6.17. The Labute approximate surface area is 123 Å². The smallest absolute Gasteiger partial charge is 0.271 e. The molecule has 0 amide bonds. The molecule has 0 saturated carbocycles. The normalized spacial score (nSPS) is 11.1. The van der Waals surface area contributed by atoms with Crippen molar-refractivity contribution in [3.05, 3.63) is 57.4 Å². The van der Waals surface area contributed by atoms with Crippen LogP contribution >= 0.6 is 23.1 Å². The molecule has 6 heteroatoms. The third kappa shape index (κ3) is 2.48. The molecule has 0 spiro atoms. The highest BCUT2D eigenvalue weighted by molar-refractivity contribution is 7.98. The molecule has 0 fully saturated rings. The maximum absolute atomic E-state index is 13.1. The molecule has 0 saturated heterocycles. The minimum Gasteiger partial charge on any atom is -0.290 e. The van der Waals surface area contributed by atoms with E-state index in [1.54, 1.807) is 17.7 Å². The molecule has 0 bridgehead atoms. The van der Waals surface area contributed by atoms with E-state index in [1.807, 2.05) is 17.5 Å². The molecule has 3 rings (SSSR count). The lowest BCUT2D eigenvalue weighted by atomic mass is 10.2. The van der Waals surface area contributed by atoms with Gasteiger partial charge >= 0.3 is 0 Å². The van der Waals surface area contributed by atoms with Crippen molar-refractivity contribution in [1.82, 2.24) is 9.55 Å². The van der Waals surface area contributed by atoms with Gasteiger partial charge in [0.1, 0.15) is 10.5 Å². The van der Waals surface area contributed by atoms with Crippen LogP contribution < -0.4 is 5.56 Å². The number of nitrogens with zero attached hydrogens (tertiary/aromatic N) is 2. The summed E-state index contributed by atoms with van der Waals surface area (Å²) in [4.78, 5) is 16.6. The van der Waals surface area contributed by atoms with Gasteiger partial charge in [0.05, 0.1) is 5.52 Å². The van der Waals surface area contributed by atoms with Crippen LogP contribution in [0.15, 0.2) is 45.7 Å². The number of benzene rings is 1. The Morgan fingerprint density at radius 3 is 3.05 bits per heavy atom. The zero-order valence-corrected chi connectivity index (χ0v) is 12.3. The molecule has 0 aliphatic carbocycles. The van der Waals surface area contributed by atoms with E-state index in [9.17, 15) is 9.18 Å². The minimum atomic E-state index is -0.252. The highest BCUT2D eigenvalue weighted by atomic mass is 32.2. The van der Waals surface area contributed by atoms with Gasteiger partial charge in [0.15, 0.2) is 5.16 Å². The molecule has 0 aliphatic rings. The van der Waals surface area contributed by atoms with E-state index in [2.05, 4.69) is 4.98 Å². The van der Waals surface area contributed by atoms with E-state index < -0.39 is 0 Å². The monoisotopic (exact) mass is 306 g/mol. The zero-order chi connectivity index (χ0) is 14.1. The number of aromatic nitrogens is 2. The SMILES string of the molecule is Cn1c(SCc2cccc(F)c2)nc2ccsc2c1=O. The van der Waals surface area contributed by atoms with Gasteiger partial charge < -0.3 is 0 Å². The summed E-state index contributed by atoms with van der Waals surface area (Å²) in [5, 5.41) is 2.50. The average Bonchev–Trinajstić information content (AvgIpc) is 2.90. The van der Waals surface area contributed by atoms with Gasteiger partial charge in [-0.1, -0.05) is 23.9 Å². The Morgan fingerprint density at radius 2 is 2.25 bits per heavy atom. The highest BCUT2D eigenvalue weighted by Crippen LogP contribution is 2.23. The van der Waals surface area contributed by atoms with Gasteiger partial charge in [0.2, 0.25) is 0 Å². The van der Waals surface area contributed by atoms with Gasteiger partial charge in [-0.15, -0.1) is 11.3 Å². The molecular formula is C14H11FN2OS2. The summed E-state index contributed by atoms with van der Waals surface area (Å²) in [6.45, 7) is 0. The van der Waals surface area contributed by atoms with Crippen molar-refractivity contribution in [1.29, 1.82) is 0 Å². The van der Waals surface area contributed by atoms with E-state index >= 15 is 0 Å². The number of thioether (sulfide) groups is 1. The summed E-state index contributed by atoms with van der Waals surface area (Å²) in [5.74, 6) is 0.325. The fraction of sp³-hybridized carbons (Fsp3) is 0.143. The Morgan fingerprint density at radius 1 is 1.40 bits per heavy atom. The molecule has 3 aromatic rings. The first-order valence-electron chi connectivity index (χ1n) is 5.96. The quantitative estimate of drug-likeness (QED) is 0.549. The van der Waals surface area contributed by atoms with Gasteiger partial charge in [-0.05, 0) is 29.1 Å². The van der Waals surface area contributed by atoms with Crippen LogP contribution in [0.25, 0.3) is 10.2 Å². The lowest BCUT2D eigenvalue weighted by Gasteiger charge is -2.07. The van der Waals surface area contributed by atoms with E-state index in [1.165, 1.54) is 35.2 Å². The fourth-order valence-electron chi connectivity index (χ4n) is 1.87. The number of thiophene rings is 1. The van der Waals surface area contributed by atoms with Crippen LogP contribution in [0.5, 0.6) is 0 Å². The lowest BCUT2D eigenvalue weighted by molar-refractivity contribution is 0.626. The number of fused-ring (bicyclic) bond motifs is 1. The average molecular weight is 306 g/mol. The molecule has 102 valence electrons. The second-order valence-electron chi connectivity index (χ2n) is 4.31. The van der Waals surface area contributed by atoms with Crippen LogP contribution in [0.2, 0.25) is 0 Å². The van der Waals surface area contributed by atoms with Crippen molar-refractivity contribution in [3.63, 3.8) is 0 Å². The molecule has 0 aliphatic heterocycles. The van der Waals surface area contributed by atoms with Crippen LogP contribution in [-0.2, 0) is 12.8 Å². The standard InChI is InChI=1S/C14H11FN2OS2/c1-17-13(18)12-11(5-6-19-12)16-14(17)20-8-9-3-2-4-10(15)7-9/h2-7H,8H2,1H3. The van der Waals surface area contributed by atoms with Gasteiger partial charge in [0.25, 0.3) is 5.56 Å². The molecule has 2 heterocycles. The maximum Gasteiger partial charge on any atom is 0.271 e. The summed E-state index contributed by atoms with van der Waals surface area (Å²) >= 11 is 2.83. The predicted molar refractivity (Wildman–Crippen MR) is 80.8 cm³/mol. The molecule has 0 unspecified atom stereocenters. The summed E-state index contributed by atoms with van der Waals surface area (Å²) in [6, 6.07) is 8.29. The summed E-state index contributed by atoms with van der Waals surface area (Å²) in [6.07, 6.45) is 0. The largest absolute Gasteiger partial charge is 0.290 e. The van der Waals surface area contributed by atoms with E-state index in [4.69, 9.17) is 0 Å². The van der Waals surface area contributed by atoms with Gasteiger partial charge in [-0.3, -0.25) is 9.36 Å². The number of rotatable bonds is 3. The number of hydrogen-bond acceptors (Lipinski definition) is 4. The molecule has 0 N–H and O–H groups in total. The Balaban J connectivity index is 1.91. The summed E-state index contributed by atoms with van der Waals surface area (Å²) in [5.41, 5.74) is 1.56. The first-order chi connectivity index (χ1) is 9.65. The Kier molecular flexibility index (Phi) is 3.58. The molecule has 2 aromatic heterocycles. The van der Waals surface area contributed by atoms with Crippen molar-refractivity contribution in [2.45, 2.75) is 10.9 Å². The van der Waals surface area contributed by atoms with Crippen molar-refractivity contribution < 1.29 is 4.39 Å². The van der Waals surface area contributed by atoms with Gasteiger partial charge in [0, 0.05) is 12.8 Å².